The van der Waals surface area contributed by atoms with Crippen molar-refractivity contribution in [3.05, 3.63) is 48.0 Å². The number of benzene rings is 2. The topological polar surface area (TPSA) is 67.9 Å². The third-order valence-corrected chi connectivity index (χ3v) is 5.10. The van der Waals surface area contributed by atoms with Crippen molar-refractivity contribution in [1.29, 1.82) is 0 Å². The molecule has 0 spiro atoms. The Morgan fingerprint density at radius 1 is 1.20 bits per heavy atom. The molecule has 2 aromatic carbocycles. The van der Waals surface area contributed by atoms with Gasteiger partial charge in [0.15, 0.2) is 0 Å². The largest absolute Gasteiger partial charge is 0.444 e. The van der Waals surface area contributed by atoms with E-state index < -0.39 is 11.7 Å². The van der Waals surface area contributed by atoms with Gasteiger partial charge in [0.25, 0.3) is 0 Å². The second-order valence-electron chi connectivity index (χ2n) is 8.85. The Balaban J connectivity index is 1.68. The van der Waals surface area contributed by atoms with Crippen molar-refractivity contribution >= 4 is 22.8 Å². The fourth-order valence-electron chi connectivity index (χ4n) is 3.73. The SMILES string of the molecule is C[C@@H](NC(=O)CN(C[C@H]1CCCO1)C(=O)OC(C)(C)C)c1cccc2ccccc12. The number of fused-ring (bicyclic) bond motifs is 1. The summed E-state index contributed by atoms with van der Waals surface area (Å²) in [6.45, 7) is 8.39. The van der Waals surface area contributed by atoms with Crippen LogP contribution in [-0.2, 0) is 14.3 Å². The van der Waals surface area contributed by atoms with Gasteiger partial charge in [-0.15, -0.1) is 0 Å². The van der Waals surface area contributed by atoms with Gasteiger partial charge in [0.2, 0.25) is 5.91 Å². The first kappa shape index (κ1) is 22.1. The van der Waals surface area contributed by atoms with Crippen LogP contribution in [0.5, 0.6) is 0 Å². The minimum atomic E-state index is -0.626. The van der Waals surface area contributed by atoms with Crippen molar-refractivity contribution in [2.24, 2.45) is 0 Å². The smallest absolute Gasteiger partial charge is 0.410 e. The van der Waals surface area contributed by atoms with Gasteiger partial charge in [0.05, 0.1) is 18.7 Å². The lowest BCUT2D eigenvalue weighted by Crippen LogP contribution is -2.46. The highest BCUT2D eigenvalue weighted by atomic mass is 16.6. The number of rotatable bonds is 6. The van der Waals surface area contributed by atoms with Crippen LogP contribution in [-0.4, -0.2) is 48.3 Å². The van der Waals surface area contributed by atoms with E-state index in [1.807, 2.05) is 52.0 Å². The predicted molar refractivity (Wildman–Crippen MR) is 117 cm³/mol. The van der Waals surface area contributed by atoms with Crippen molar-refractivity contribution in [1.82, 2.24) is 10.2 Å². The number of nitrogens with one attached hydrogen (secondary N) is 1. The molecule has 0 aromatic heterocycles. The highest BCUT2D eigenvalue weighted by Crippen LogP contribution is 2.24. The molecule has 1 fully saturated rings. The van der Waals surface area contributed by atoms with Crippen molar-refractivity contribution in [2.75, 3.05) is 19.7 Å². The minimum Gasteiger partial charge on any atom is -0.444 e. The number of hydrogen-bond donors (Lipinski definition) is 1. The molecular formula is C24H32N2O4. The summed E-state index contributed by atoms with van der Waals surface area (Å²) < 4.78 is 11.2. The number of amides is 2. The normalized spacial score (nSPS) is 17.5. The van der Waals surface area contributed by atoms with Crippen molar-refractivity contribution in [3.63, 3.8) is 0 Å². The molecule has 0 saturated carbocycles. The maximum Gasteiger partial charge on any atom is 0.410 e. The molecule has 1 heterocycles. The number of carbonyl (C=O) groups excluding carboxylic acids is 2. The van der Waals surface area contributed by atoms with E-state index in [1.165, 1.54) is 4.90 Å². The van der Waals surface area contributed by atoms with Gasteiger partial charge >= 0.3 is 6.09 Å². The quantitative estimate of drug-likeness (QED) is 0.762. The van der Waals surface area contributed by atoms with E-state index in [2.05, 4.69) is 23.5 Å². The lowest BCUT2D eigenvalue weighted by atomic mass is 10.00. The molecule has 3 rings (SSSR count). The summed E-state index contributed by atoms with van der Waals surface area (Å²) in [5, 5.41) is 5.27. The molecule has 0 unspecified atom stereocenters. The molecule has 2 amide bonds. The van der Waals surface area contributed by atoms with Crippen molar-refractivity contribution < 1.29 is 19.1 Å². The Kier molecular flexibility index (Phi) is 6.98. The monoisotopic (exact) mass is 412 g/mol. The molecule has 0 aliphatic carbocycles. The van der Waals surface area contributed by atoms with E-state index in [9.17, 15) is 9.59 Å². The first-order valence-electron chi connectivity index (χ1n) is 10.6. The Labute approximate surface area is 178 Å². The van der Waals surface area contributed by atoms with Crippen LogP contribution in [0.4, 0.5) is 4.79 Å². The van der Waals surface area contributed by atoms with Crippen LogP contribution in [0.3, 0.4) is 0 Å². The van der Waals surface area contributed by atoms with Crippen LogP contribution in [0.15, 0.2) is 42.5 Å². The Hall–Kier alpha value is -2.60. The van der Waals surface area contributed by atoms with Gasteiger partial charge in [-0.25, -0.2) is 4.79 Å². The van der Waals surface area contributed by atoms with Gasteiger partial charge in [-0.3, -0.25) is 9.69 Å². The number of carbonyl (C=O) groups is 2. The molecule has 1 aliphatic heterocycles. The van der Waals surface area contributed by atoms with E-state index in [1.54, 1.807) is 0 Å². The van der Waals surface area contributed by atoms with Crippen LogP contribution in [0.25, 0.3) is 10.8 Å². The highest BCUT2D eigenvalue weighted by molar-refractivity contribution is 5.87. The lowest BCUT2D eigenvalue weighted by molar-refractivity contribution is -0.123. The first-order valence-corrected chi connectivity index (χ1v) is 10.6. The van der Waals surface area contributed by atoms with E-state index in [0.29, 0.717) is 13.2 Å². The van der Waals surface area contributed by atoms with E-state index >= 15 is 0 Å². The van der Waals surface area contributed by atoms with Crippen molar-refractivity contribution in [3.8, 4) is 0 Å². The summed E-state index contributed by atoms with van der Waals surface area (Å²) in [5.74, 6) is -0.223. The van der Waals surface area contributed by atoms with Gasteiger partial charge in [0, 0.05) is 6.61 Å². The molecule has 6 nitrogen and oxygen atoms in total. The highest BCUT2D eigenvalue weighted by Gasteiger charge is 2.28. The van der Waals surface area contributed by atoms with Gasteiger partial charge in [-0.2, -0.15) is 0 Å². The third kappa shape index (κ3) is 5.95. The average Bonchev–Trinajstić information content (AvgIpc) is 3.18. The second-order valence-corrected chi connectivity index (χ2v) is 8.85. The van der Waals surface area contributed by atoms with Crippen LogP contribution >= 0.6 is 0 Å². The molecule has 6 heteroatoms. The van der Waals surface area contributed by atoms with Crippen LogP contribution in [0.2, 0.25) is 0 Å². The standard InChI is InChI=1S/C24H32N2O4/c1-17(20-13-7-10-18-9-5-6-12-21(18)20)25-22(27)16-26(15-19-11-8-14-29-19)23(28)30-24(2,3)4/h5-7,9-10,12-13,17,19H,8,11,14-16H2,1-4H3,(H,25,27)/t17-,19-/m1/s1. The van der Waals surface area contributed by atoms with E-state index in [4.69, 9.17) is 9.47 Å². The third-order valence-electron chi connectivity index (χ3n) is 5.10. The summed E-state index contributed by atoms with van der Waals surface area (Å²) in [7, 11) is 0. The summed E-state index contributed by atoms with van der Waals surface area (Å²) >= 11 is 0. The number of ether oxygens (including phenoxy) is 2. The van der Waals surface area contributed by atoms with Gasteiger partial charge in [-0.05, 0) is 56.9 Å². The molecule has 30 heavy (non-hydrogen) atoms. The Morgan fingerprint density at radius 3 is 2.63 bits per heavy atom. The molecule has 0 bridgehead atoms. The Morgan fingerprint density at radius 2 is 1.93 bits per heavy atom. The molecule has 1 saturated heterocycles. The summed E-state index contributed by atoms with van der Waals surface area (Å²) in [4.78, 5) is 26.9. The molecule has 1 N–H and O–H groups in total. The predicted octanol–water partition coefficient (Wildman–Crippen LogP) is 4.43. The summed E-state index contributed by atoms with van der Waals surface area (Å²) in [6, 6.07) is 14.0. The fraction of sp³-hybridized carbons (Fsp3) is 0.500. The maximum atomic E-state index is 12.8. The fourth-order valence-corrected chi connectivity index (χ4v) is 3.73. The average molecular weight is 413 g/mol. The molecule has 2 atom stereocenters. The van der Waals surface area contributed by atoms with E-state index in [-0.39, 0.29) is 24.6 Å². The first-order chi connectivity index (χ1) is 14.2. The summed E-state index contributed by atoms with van der Waals surface area (Å²) in [5.41, 5.74) is 0.419. The van der Waals surface area contributed by atoms with Crippen LogP contribution in [0.1, 0.15) is 52.1 Å². The van der Waals surface area contributed by atoms with Gasteiger partial charge in [-0.1, -0.05) is 42.5 Å². The van der Waals surface area contributed by atoms with Crippen molar-refractivity contribution in [2.45, 2.75) is 58.3 Å². The molecule has 1 aliphatic rings. The molecule has 0 radical (unpaired) electrons. The maximum absolute atomic E-state index is 12.8. The zero-order valence-corrected chi connectivity index (χ0v) is 18.3. The zero-order chi connectivity index (χ0) is 21.7. The molecule has 162 valence electrons. The number of nitrogens with zero attached hydrogens (tertiary/aromatic N) is 1. The van der Waals surface area contributed by atoms with Gasteiger partial charge < -0.3 is 14.8 Å². The lowest BCUT2D eigenvalue weighted by Gasteiger charge is -2.29. The van der Waals surface area contributed by atoms with Gasteiger partial charge in [0.1, 0.15) is 12.1 Å². The molecular weight excluding hydrogens is 380 g/mol. The van der Waals surface area contributed by atoms with Crippen LogP contribution in [0, 0.1) is 0 Å². The Bertz CT molecular complexity index is 879. The van der Waals surface area contributed by atoms with Crippen LogP contribution < -0.4 is 5.32 Å². The number of hydrogen-bond acceptors (Lipinski definition) is 4. The summed E-state index contributed by atoms with van der Waals surface area (Å²) in [6.07, 6.45) is 1.30. The van der Waals surface area contributed by atoms with E-state index in [0.717, 1.165) is 29.2 Å². The second kappa shape index (κ2) is 9.47. The minimum absolute atomic E-state index is 0.0548. The zero-order valence-electron chi connectivity index (χ0n) is 18.3. The molecule has 2 aromatic rings.